The molecule has 0 saturated carbocycles. The van der Waals surface area contributed by atoms with Gasteiger partial charge in [0.1, 0.15) is 33.3 Å². The highest BCUT2D eigenvalue weighted by atomic mass is 32.2. The smallest absolute Gasteiger partial charge is 0.232 e. The van der Waals surface area contributed by atoms with Crippen LogP contribution in [-0.2, 0) is 15.3 Å². The minimum absolute atomic E-state index is 0.0354. The molecule has 0 radical (unpaired) electrons. The zero-order valence-corrected chi connectivity index (χ0v) is 19.8. The number of aromatic nitrogens is 3. The SMILES string of the molecule is CN=[S@@]1(=O)C[C@@](C)(c2cc(-c3cc(-c4cnc(OC)cn4)no3)ccc2F)N=C(N)C1(C)C. The van der Waals surface area contributed by atoms with E-state index in [0.29, 0.717) is 28.6 Å². The number of hydrogen-bond acceptors (Lipinski definition) is 9. The van der Waals surface area contributed by atoms with Crippen LogP contribution in [0.5, 0.6) is 5.88 Å². The molecular weight excluding hydrogens is 447 g/mol. The Bertz CT molecular complexity index is 1360. The fraction of sp³-hybridized carbons (Fsp3) is 0.364. The summed E-state index contributed by atoms with van der Waals surface area (Å²) in [6.07, 6.45) is 2.99. The third-order valence-corrected chi connectivity index (χ3v) is 9.34. The molecule has 0 spiro atoms. The number of amidine groups is 1. The van der Waals surface area contributed by atoms with Gasteiger partial charge in [0.15, 0.2) is 5.76 Å². The number of hydrogen-bond donors (Lipinski definition) is 1. The number of benzene rings is 1. The van der Waals surface area contributed by atoms with E-state index in [1.54, 1.807) is 39.0 Å². The second-order valence-electron chi connectivity index (χ2n) is 8.46. The third-order valence-electron chi connectivity index (χ3n) is 5.99. The first-order valence-corrected chi connectivity index (χ1v) is 11.8. The van der Waals surface area contributed by atoms with Gasteiger partial charge in [-0.3, -0.25) is 4.99 Å². The lowest BCUT2D eigenvalue weighted by atomic mass is 9.91. The summed E-state index contributed by atoms with van der Waals surface area (Å²) in [7, 11) is 0.195. The molecule has 0 aliphatic carbocycles. The van der Waals surface area contributed by atoms with Gasteiger partial charge in [-0.05, 0) is 39.0 Å². The Hall–Kier alpha value is -3.34. The Kier molecular flexibility index (Phi) is 5.47. The number of nitrogens with zero attached hydrogens (tertiary/aromatic N) is 5. The standard InChI is InChI=1S/C22H25FN6O3S/c1-21(2)20(24)28-22(3,12-33(21,30)25-4)14-8-13(6-7-15(14)23)18-9-16(29-32-18)17-10-27-19(31-5)11-26-17/h6-11H,12H2,1-5H3,(H2,24,28)/t22-,33+/m0/s1. The molecule has 174 valence electrons. The highest BCUT2D eigenvalue weighted by Crippen LogP contribution is 2.40. The number of aliphatic imine (C=N–C) groups is 1. The quantitative estimate of drug-likeness (QED) is 0.616. The molecule has 0 saturated heterocycles. The van der Waals surface area contributed by atoms with Gasteiger partial charge in [-0.25, -0.2) is 22.9 Å². The van der Waals surface area contributed by atoms with E-state index in [0.717, 1.165) is 0 Å². The Morgan fingerprint density at radius 2 is 1.94 bits per heavy atom. The third kappa shape index (κ3) is 3.75. The molecule has 0 amide bonds. The molecule has 4 rings (SSSR count). The molecule has 1 aliphatic rings. The van der Waals surface area contributed by atoms with Gasteiger partial charge >= 0.3 is 0 Å². The number of ether oxygens (including phenoxy) is 1. The van der Waals surface area contributed by atoms with Gasteiger partial charge in [-0.2, -0.15) is 0 Å². The topological polar surface area (TPSA) is 129 Å². The van der Waals surface area contributed by atoms with Crippen LogP contribution in [0.1, 0.15) is 26.3 Å². The summed E-state index contributed by atoms with van der Waals surface area (Å²) in [6, 6.07) is 6.20. The predicted molar refractivity (Wildman–Crippen MR) is 124 cm³/mol. The van der Waals surface area contributed by atoms with Crippen LogP contribution < -0.4 is 10.5 Å². The van der Waals surface area contributed by atoms with Crippen LogP contribution in [0.3, 0.4) is 0 Å². The Balaban J connectivity index is 1.76. The predicted octanol–water partition coefficient (Wildman–Crippen LogP) is 3.41. The van der Waals surface area contributed by atoms with Crippen molar-refractivity contribution in [1.29, 1.82) is 0 Å². The molecule has 1 aliphatic heterocycles. The first-order chi connectivity index (χ1) is 15.5. The van der Waals surface area contributed by atoms with Gasteiger partial charge < -0.3 is 15.0 Å². The fourth-order valence-electron chi connectivity index (χ4n) is 3.77. The lowest BCUT2D eigenvalue weighted by Gasteiger charge is -2.40. The second kappa shape index (κ2) is 7.91. The van der Waals surface area contributed by atoms with Crippen LogP contribution in [0, 0.1) is 5.82 Å². The monoisotopic (exact) mass is 472 g/mol. The summed E-state index contributed by atoms with van der Waals surface area (Å²) in [6.45, 7) is 5.19. The molecule has 1 aromatic carbocycles. The van der Waals surface area contributed by atoms with Crippen molar-refractivity contribution >= 4 is 15.6 Å². The zero-order chi connectivity index (χ0) is 24.0. The van der Waals surface area contributed by atoms with Crippen LogP contribution in [0.2, 0.25) is 0 Å². The second-order valence-corrected chi connectivity index (χ2v) is 11.4. The van der Waals surface area contributed by atoms with Crippen LogP contribution in [0.15, 0.2) is 50.5 Å². The van der Waals surface area contributed by atoms with Crippen LogP contribution in [-0.4, -0.2) is 49.8 Å². The van der Waals surface area contributed by atoms with Crippen molar-refractivity contribution in [2.45, 2.75) is 31.1 Å². The summed E-state index contributed by atoms with van der Waals surface area (Å²) >= 11 is 0. The van der Waals surface area contributed by atoms with E-state index in [2.05, 4.69) is 24.5 Å². The highest BCUT2D eigenvalue weighted by Gasteiger charge is 2.47. The van der Waals surface area contributed by atoms with Crippen molar-refractivity contribution in [3.05, 3.63) is 48.0 Å². The van der Waals surface area contributed by atoms with E-state index in [9.17, 15) is 4.21 Å². The maximum Gasteiger partial charge on any atom is 0.232 e. The first-order valence-electron chi connectivity index (χ1n) is 10.1. The van der Waals surface area contributed by atoms with Crippen molar-refractivity contribution in [1.82, 2.24) is 15.1 Å². The molecule has 0 fully saturated rings. The number of halogens is 1. The average Bonchev–Trinajstić information content (AvgIpc) is 3.28. The maximum absolute atomic E-state index is 15.0. The van der Waals surface area contributed by atoms with Crippen LogP contribution in [0.25, 0.3) is 22.7 Å². The van der Waals surface area contributed by atoms with E-state index in [4.69, 9.17) is 15.0 Å². The van der Waals surface area contributed by atoms with Crippen LogP contribution >= 0.6 is 0 Å². The largest absolute Gasteiger partial charge is 0.480 e. The minimum atomic E-state index is -2.80. The molecule has 0 unspecified atom stereocenters. The lowest BCUT2D eigenvalue weighted by molar-refractivity contribution is 0.395. The maximum atomic E-state index is 15.0. The van der Waals surface area contributed by atoms with Gasteiger partial charge in [0.2, 0.25) is 5.88 Å². The molecule has 3 heterocycles. The van der Waals surface area contributed by atoms with Crippen molar-refractivity contribution in [3.63, 3.8) is 0 Å². The molecule has 33 heavy (non-hydrogen) atoms. The summed E-state index contributed by atoms with van der Waals surface area (Å²) in [5.41, 5.74) is 6.82. The van der Waals surface area contributed by atoms with Crippen molar-refractivity contribution in [2.75, 3.05) is 19.9 Å². The minimum Gasteiger partial charge on any atom is -0.480 e. The van der Waals surface area contributed by atoms with Gasteiger partial charge in [0, 0.05) is 24.2 Å². The summed E-state index contributed by atoms with van der Waals surface area (Å²) in [4.78, 5) is 12.9. The van der Waals surface area contributed by atoms with Gasteiger partial charge in [0.05, 0.1) is 35.0 Å². The van der Waals surface area contributed by atoms with Crippen molar-refractivity contribution < 1.29 is 17.9 Å². The van der Waals surface area contributed by atoms with E-state index >= 15 is 4.39 Å². The Morgan fingerprint density at radius 1 is 1.18 bits per heavy atom. The van der Waals surface area contributed by atoms with Crippen molar-refractivity contribution in [3.8, 4) is 28.6 Å². The lowest BCUT2D eigenvalue weighted by Crippen LogP contribution is -2.54. The number of nitrogens with two attached hydrogens (primary N) is 1. The molecule has 0 bridgehead atoms. The van der Waals surface area contributed by atoms with E-state index in [-0.39, 0.29) is 17.2 Å². The highest BCUT2D eigenvalue weighted by molar-refractivity contribution is 7.95. The Morgan fingerprint density at radius 3 is 2.58 bits per heavy atom. The zero-order valence-electron chi connectivity index (χ0n) is 19.0. The number of methoxy groups -OCH3 is 1. The summed E-state index contributed by atoms with van der Waals surface area (Å²) in [5, 5.41) is 4.05. The van der Waals surface area contributed by atoms with Crippen LogP contribution in [0.4, 0.5) is 4.39 Å². The molecular formula is C22H25FN6O3S. The summed E-state index contributed by atoms with van der Waals surface area (Å²) < 4.78 is 42.4. The first kappa shape index (κ1) is 22.8. The molecule has 2 aromatic heterocycles. The van der Waals surface area contributed by atoms with Gasteiger partial charge in [-0.1, -0.05) is 5.16 Å². The number of rotatable bonds is 4. The molecule has 2 atom stereocenters. The van der Waals surface area contributed by atoms with E-state index in [1.165, 1.54) is 32.6 Å². The van der Waals surface area contributed by atoms with E-state index < -0.39 is 25.8 Å². The van der Waals surface area contributed by atoms with Crippen molar-refractivity contribution in [2.24, 2.45) is 15.1 Å². The summed E-state index contributed by atoms with van der Waals surface area (Å²) in [5.74, 6) is 0.507. The molecule has 3 aromatic rings. The van der Waals surface area contributed by atoms with E-state index in [1.807, 2.05) is 0 Å². The van der Waals surface area contributed by atoms with Gasteiger partial charge in [-0.15, -0.1) is 0 Å². The average molecular weight is 473 g/mol. The van der Waals surface area contributed by atoms with Gasteiger partial charge in [0.25, 0.3) is 0 Å². The molecule has 11 heteroatoms. The fourth-order valence-corrected chi connectivity index (χ4v) is 6.07. The molecule has 2 N–H and O–H groups in total. The Labute approximate surface area is 191 Å². The normalized spacial score (nSPS) is 24.2. The molecule has 9 nitrogen and oxygen atoms in total.